The van der Waals surface area contributed by atoms with Crippen molar-refractivity contribution < 1.29 is 0 Å². The molecule has 2 fully saturated rings. The van der Waals surface area contributed by atoms with Crippen LogP contribution in [0.25, 0.3) is 0 Å². The number of hydrogen-bond donors (Lipinski definition) is 1. The average Bonchev–Trinajstić information content (AvgIpc) is 2.27. The fourth-order valence-corrected chi connectivity index (χ4v) is 2.69. The lowest BCUT2D eigenvalue weighted by molar-refractivity contribution is 0.294. The van der Waals surface area contributed by atoms with Gasteiger partial charge in [0.1, 0.15) is 0 Å². The van der Waals surface area contributed by atoms with Crippen molar-refractivity contribution in [3.05, 3.63) is 0 Å². The summed E-state index contributed by atoms with van der Waals surface area (Å²) in [5, 5.41) is 3.74. The normalized spacial score (nSPS) is 31.4. The summed E-state index contributed by atoms with van der Waals surface area (Å²) in [6.45, 7) is 10.8. The average molecular weight is 181 g/mol. The largest absolute Gasteiger partial charge is 0.313 e. The maximum absolute atomic E-state index is 3.74. The maximum Gasteiger partial charge on any atom is 0.0181 e. The fraction of sp³-hybridized carbons (Fsp3) is 1.00. The quantitative estimate of drug-likeness (QED) is 0.706. The van der Waals surface area contributed by atoms with Crippen molar-refractivity contribution in [2.45, 2.75) is 53.0 Å². The summed E-state index contributed by atoms with van der Waals surface area (Å²) in [4.78, 5) is 0. The molecule has 0 heterocycles. The first kappa shape index (κ1) is 9.51. The van der Waals surface area contributed by atoms with Crippen LogP contribution < -0.4 is 5.32 Å². The van der Waals surface area contributed by atoms with E-state index in [1.807, 2.05) is 0 Å². The monoisotopic (exact) mass is 181 g/mol. The highest BCUT2D eigenvalue weighted by molar-refractivity contribution is 5.17. The van der Waals surface area contributed by atoms with Crippen LogP contribution in [0.15, 0.2) is 0 Å². The molecular weight excluding hydrogens is 158 g/mol. The van der Waals surface area contributed by atoms with Crippen molar-refractivity contribution >= 4 is 0 Å². The van der Waals surface area contributed by atoms with E-state index in [1.165, 1.54) is 25.8 Å². The van der Waals surface area contributed by atoms with E-state index in [-0.39, 0.29) is 0 Å². The zero-order chi connectivity index (χ0) is 9.69. The van der Waals surface area contributed by atoms with Gasteiger partial charge in [-0.2, -0.15) is 0 Å². The Bertz CT molecular complexity index is 187. The summed E-state index contributed by atoms with van der Waals surface area (Å²) in [6, 6.07) is 0.751. The molecule has 13 heavy (non-hydrogen) atoms. The van der Waals surface area contributed by atoms with Gasteiger partial charge >= 0.3 is 0 Å². The molecule has 0 atom stereocenters. The van der Waals surface area contributed by atoms with Gasteiger partial charge in [0.25, 0.3) is 0 Å². The van der Waals surface area contributed by atoms with Gasteiger partial charge in [0.15, 0.2) is 0 Å². The van der Waals surface area contributed by atoms with Crippen LogP contribution in [0.1, 0.15) is 47.0 Å². The van der Waals surface area contributed by atoms with Crippen LogP contribution in [0.5, 0.6) is 0 Å². The summed E-state index contributed by atoms with van der Waals surface area (Å²) in [5.74, 6) is 0.993. The van der Waals surface area contributed by atoms with Gasteiger partial charge in [-0.25, -0.2) is 0 Å². The van der Waals surface area contributed by atoms with Gasteiger partial charge in [0.05, 0.1) is 0 Å². The molecule has 0 saturated heterocycles. The van der Waals surface area contributed by atoms with Gasteiger partial charge in [-0.3, -0.25) is 0 Å². The molecule has 76 valence electrons. The van der Waals surface area contributed by atoms with Gasteiger partial charge in [0, 0.05) is 6.04 Å². The summed E-state index contributed by atoms with van der Waals surface area (Å²) in [5.41, 5.74) is 1.02. The second kappa shape index (κ2) is 2.73. The van der Waals surface area contributed by atoms with Gasteiger partial charge in [0.2, 0.25) is 0 Å². The van der Waals surface area contributed by atoms with Gasteiger partial charge in [-0.15, -0.1) is 0 Å². The van der Waals surface area contributed by atoms with Gasteiger partial charge in [-0.1, -0.05) is 34.1 Å². The molecule has 1 nitrogen and oxygen atoms in total. The van der Waals surface area contributed by atoms with Gasteiger partial charge in [-0.05, 0) is 36.1 Å². The highest BCUT2D eigenvalue weighted by Crippen LogP contribution is 2.62. The molecule has 0 radical (unpaired) electrons. The van der Waals surface area contributed by atoms with E-state index >= 15 is 0 Å². The Morgan fingerprint density at radius 1 is 1.08 bits per heavy atom. The highest BCUT2D eigenvalue weighted by Gasteiger charge is 2.64. The third-order valence-electron chi connectivity index (χ3n) is 4.86. The van der Waals surface area contributed by atoms with E-state index in [0.29, 0.717) is 10.8 Å². The lowest BCUT2D eigenvalue weighted by atomic mass is 9.85. The number of rotatable bonds is 3. The van der Waals surface area contributed by atoms with Crippen molar-refractivity contribution in [1.29, 1.82) is 0 Å². The second-order valence-electron chi connectivity index (χ2n) is 6.08. The minimum absolute atomic E-state index is 0.511. The minimum atomic E-state index is 0.511. The molecule has 0 bridgehead atoms. The Hall–Kier alpha value is -0.0400. The number of hydrogen-bond acceptors (Lipinski definition) is 1. The number of nitrogens with one attached hydrogen (secondary N) is 1. The molecular formula is C12H23N. The molecule has 1 heteroatoms. The zero-order valence-electron chi connectivity index (χ0n) is 9.48. The van der Waals surface area contributed by atoms with Crippen LogP contribution in [0.2, 0.25) is 0 Å². The van der Waals surface area contributed by atoms with E-state index in [4.69, 9.17) is 0 Å². The second-order valence-corrected chi connectivity index (χ2v) is 6.08. The Morgan fingerprint density at radius 3 is 1.92 bits per heavy atom. The first-order valence-electron chi connectivity index (χ1n) is 5.69. The molecule has 2 rings (SSSR count). The molecule has 0 aromatic rings. The van der Waals surface area contributed by atoms with Crippen molar-refractivity contribution in [2.75, 3.05) is 6.54 Å². The molecule has 0 spiro atoms. The lowest BCUT2D eigenvalue weighted by Gasteiger charge is -2.26. The summed E-state index contributed by atoms with van der Waals surface area (Å²) in [7, 11) is 0. The zero-order valence-corrected chi connectivity index (χ0v) is 9.48. The molecule has 2 aliphatic carbocycles. The minimum Gasteiger partial charge on any atom is -0.313 e. The Kier molecular flexibility index (Phi) is 1.99. The highest BCUT2D eigenvalue weighted by atomic mass is 15.0. The van der Waals surface area contributed by atoms with Crippen LogP contribution in [0.3, 0.4) is 0 Å². The van der Waals surface area contributed by atoms with Crippen molar-refractivity contribution in [3.8, 4) is 0 Å². The smallest absolute Gasteiger partial charge is 0.0181 e. The van der Waals surface area contributed by atoms with E-state index in [9.17, 15) is 0 Å². The van der Waals surface area contributed by atoms with Crippen LogP contribution in [-0.4, -0.2) is 12.6 Å². The summed E-state index contributed by atoms with van der Waals surface area (Å²) in [6.07, 6.45) is 4.38. The molecule has 0 aliphatic heterocycles. The maximum atomic E-state index is 3.74. The molecule has 0 amide bonds. The molecule has 0 aromatic carbocycles. The Labute approximate surface area is 82.3 Å². The summed E-state index contributed by atoms with van der Waals surface area (Å²) < 4.78 is 0. The first-order valence-corrected chi connectivity index (χ1v) is 5.69. The van der Waals surface area contributed by atoms with Crippen molar-refractivity contribution in [3.63, 3.8) is 0 Å². The molecule has 2 saturated carbocycles. The first-order chi connectivity index (χ1) is 5.96. The molecule has 0 unspecified atom stereocenters. The van der Waals surface area contributed by atoms with Crippen LogP contribution >= 0.6 is 0 Å². The molecule has 2 aliphatic rings. The van der Waals surface area contributed by atoms with E-state index < -0.39 is 0 Å². The van der Waals surface area contributed by atoms with Crippen LogP contribution in [-0.2, 0) is 0 Å². The summed E-state index contributed by atoms with van der Waals surface area (Å²) >= 11 is 0. The predicted octanol–water partition coefficient (Wildman–Crippen LogP) is 2.81. The fourth-order valence-electron chi connectivity index (χ4n) is 2.69. The van der Waals surface area contributed by atoms with Crippen molar-refractivity contribution in [2.24, 2.45) is 16.7 Å². The van der Waals surface area contributed by atoms with E-state index in [0.717, 1.165) is 12.0 Å². The SMILES string of the molecule is CC1(C)C(NCC2CCC2)C1(C)C. The third-order valence-corrected chi connectivity index (χ3v) is 4.86. The molecule has 0 aromatic heterocycles. The van der Waals surface area contributed by atoms with Crippen LogP contribution in [0, 0.1) is 16.7 Å². The van der Waals surface area contributed by atoms with Crippen molar-refractivity contribution in [1.82, 2.24) is 5.32 Å². The van der Waals surface area contributed by atoms with Crippen LogP contribution in [0.4, 0.5) is 0 Å². The van der Waals surface area contributed by atoms with Gasteiger partial charge < -0.3 is 5.32 Å². The van der Waals surface area contributed by atoms with E-state index in [1.54, 1.807) is 0 Å². The standard InChI is InChI=1S/C12H23N/c1-11(2)10(12(11,3)4)13-8-9-6-5-7-9/h9-10,13H,5-8H2,1-4H3. The molecule has 1 N–H and O–H groups in total. The topological polar surface area (TPSA) is 12.0 Å². The predicted molar refractivity (Wildman–Crippen MR) is 56.7 cm³/mol. The Morgan fingerprint density at radius 2 is 1.62 bits per heavy atom. The Balaban J connectivity index is 1.77. The van der Waals surface area contributed by atoms with E-state index in [2.05, 4.69) is 33.0 Å². The third kappa shape index (κ3) is 1.32. The lowest BCUT2D eigenvalue weighted by Crippen LogP contribution is -2.31.